The normalized spacial score (nSPS) is 12.7. The first-order chi connectivity index (χ1) is 7.18. The summed E-state index contributed by atoms with van der Waals surface area (Å²) in [5.74, 6) is 0. The fourth-order valence-corrected chi connectivity index (χ4v) is 1.65. The van der Waals surface area contributed by atoms with Crippen LogP contribution in [0.25, 0.3) is 0 Å². The molecule has 1 atom stereocenters. The van der Waals surface area contributed by atoms with E-state index >= 15 is 0 Å². The van der Waals surface area contributed by atoms with Crippen molar-refractivity contribution in [3.05, 3.63) is 34.3 Å². The molecule has 0 aromatic heterocycles. The Morgan fingerprint density at radius 1 is 1.33 bits per heavy atom. The van der Waals surface area contributed by atoms with Crippen LogP contribution in [0.5, 0.6) is 0 Å². The van der Waals surface area contributed by atoms with E-state index in [4.69, 9.17) is 5.73 Å². The molecule has 0 saturated heterocycles. The lowest BCUT2D eigenvalue weighted by Crippen LogP contribution is -2.19. The van der Waals surface area contributed by atoms with Crippen LogP contribution in [-0.4, -0.2) is 12.6 Å². The van der Waals surface area contributed by atoms with E-state index in [9.17, 15) is 0 Å². The first-order valence-electron chi connectivity index (χ1n) is 5.39. The van der Waals surface area contributed by atoms with Crippen LogP contribution in [0.15, 0.2) is 28.7 Å². The van der Waals surface area contributed by atoms with E-state index in [-0.39, 0.29) is 0 Å². The maximum atomic E-state index is 5.67. The van der Waals surface area contributed by atoms with Crippen LogP contribution in [0.4, 0.5) is 0 Å². The van der Waals surface area contributed by atoms with Crippen LogP contribution >= 0.6 is 15.9 Å². The molecule has 0 aliphatic rings. The third-order valence-electron chi connectivity index (χ3n) is 2.26. The summed E-state index contributed by atoms with van der Waals surface area (Å²) in [6, 6.07) is 8.71. The largest absolute Gasteiger partial charge is 0.328 e. The van der Waals surface area contributed by atoms with Gasteiger partial charge < -0.3 is 11.1 Å². The molecule has 2 nitrogen and oxygen atoms in total. The lowest BCUT2D eigenvalue weighted by molar-refractivity contribution is 0.574. The van der Waals surface area contributed by atoms with E-state index in [1.165, 1.54) is 5.56 Å². The molecule has 0 aliphatic heterocycles. The lowest BCUT2D eigenvalue weighted by atomic mass is 10.2. The van der Waals surface area contributed by atoms with Gasteiger partial charge in [0.15, 0.2) is 0 Å². The number of nitrogens with one attached hydrogen (secondary N) is 1. The van der Waals surface area contributed by atoms with E-state index < -0.39 is 0 Å². The van der Waals surface area contributed by atoms with Gasteiger partial charge in [0.05, 0.1) is 0 Å². The Labute approximate surface area is 100 Å². The summed E-state index contributed by atoms with van der Waals surface area (Å²) in [7, 11) is 0. The SMILES string of the molecule is CC(N)CCCNCc1ccc(Br)cc1. The summed E-state index contributed by atoms with van der Waals surface area (Å²) in [4.78, 5) is 0. The minimum absolute atomic E-state index is 0.319. The van der Waals surface area contributed by atoms with Gasteiger partial charge in [-0.3, -0.25) is 0 Å². The van der Waals surface area contributed by atoms with Crippen LogP contribution in [0.1, 0.15) is 25.3 Å². The molecule has 0 aliphatic carbocycles. The van der Waals surface area contributed by atoms with Crippen molar-refractivity contribution in [1.29, 1.82) is 0 Å². The summed E-state index contributed by atoms with van der Waals surface area (Å²) in [6.07, 6.45) is 2.24. The van der Waals surface area contributed by atoms with Crippen molar-refractivity contribution in [2.24, 2.45) is 5.73 Å². The van der Waals surface area contributed by atoms with Gasteiger partial charge in [-0.25, -0.2) is 0 Å². The number of benzene rings is 1. The molecule has 0 saturated carbocycles. The Bertz CT molecular complexity index is 269. The molecule has 3 heteroatoms. The average molecular weight is 271 g/mol. The topological polar surface area (TPSA) is 38.0 Å². The molecule has 1 unspecified atom stereocenters. The zero-order valence-electron chi connectivity index (χ0n) is 9.17. The Balaban J connectivity index is 2.12. The number of halogens is 1. The molecule has 0 amide bonds. The highest BCUT2D eigenvalue weighted by atomic mass is 79.9. The molecule has 84 valence electrons. The Kier molecular flexibility index (Phi) is 5.91. The van der Waals surface area contributed by atoms with Gasteiger partial charge in [-0.1, -0.05) is 28.1 Å². The van der Waals surface area contributed by atoms with Crippen molar-refractivity contribution in [2.45, 2.75) is 32.4 Å². The minimum atomic E-state index is 0.319. The first kappa shape index (κ1) is 12.7. The van der Waals surface area contributed by atoms with Gasteiger partial charge in [0, 0.05) is 17.1 Å². The van der Waals surface area contributed by atoms with Gasteiger partial charge in [-0.2, -0.15) is 0 Å². The Morgan fingerprint density at radius 2 is 2.00 bits per heavy atom. The fraction of sp³-hybridized carbons (Fsp3) is 0.500. The summed E-state index contributed by atoms with van der Waals surface area (Å²) in [6.45, 7) is 4.03. The second kappa shape index (κ2) is 6.99. The summed E-state index contributed by atoms with van der Waals surface area (Å²) in [5, 5.41) is 3.41. The molecule has 0 fully saturated rings. The van der Waals surface area contributed by atoms with E-state index in [1.54, 1.807) is 0 Å². The maximum absolute atomic E-state index is 5.67. The second-order valence-electron chi connectivity index (χ2n) is 3.92. The van der Waals surface area contributed by atoms with Crippen molar-refractivity contribution in [2.75, 3.05) is 6.54 Å². The van der Waals surface area contributed by atoms with Gasteiger partial charge in [-0.15, -0.1) is 0 Å². The summed E-state index contributed by atoms with van der Waals surface area (Å²) in [5.41, 5.74) is 6.99. The highest BCUT2D eigenvalue weighted by Gasteiger charge is 1.95. The Hall–Kier alpha value is -0.380. The molecule has 1 aromatic rings. The number of rotatable bonds is 6. The molecule has 1 aromatic carbocycles. The fourth-order valence-electron chi connectivity index (χ4n) is 1.38. The smallest absolute Gasteiger partial charge is 0.0205 e. The van der Waals surface area contributed by atoms with Crippen molar-refractivity contribution in [3.63, 3.8) is 0 Å². The van der Waals surface area contributed by atoms with E-state index in [1.807, 2.05) is 0 Å². The van der Waals surface area contributed by atoms with Crippen molar-refractivity contribution in [3.8, 4) is 0 Å². The van der Waals surface area contributed by atoms with Crippen LogP contribution in [-0.2, 0) is 6.54 Å². The van der Waals surface area contributed by atoms with E-state index in [0.717, 1.165) is 30.4 Å². The van der Waals surface area contributed by atoms with Gasteiger partial charge in [0.1, 0.15) is 0 Å². The van der Waals surface area contributed by atoms with E-state index in [2.05, 4.69) is 52.4 Å². The van der Waals surface area contributed by atoms with Crippen LogP contribution in [0, 0.1) is 0 Å². The van der Waals surface area contributed by atoms with Crippen molar-refractivity contribution < 1.29 is 0 Å². The number of hydrogen-bond donors (Lipinski definition) is 2. The maximum Gasteiger partial charge on any atom is 0.0205 e. The number of nitrogens with two attached hydrogens (primary N) is 1. The molecule has 0 heterocycles. The molecular weight excluding hydrogens is 252 g/mol. The first-order valence-corrected chi connectivity index (χ1v) is 6.18. The van der Waals surface area contributed by atoms with Gasteiger partial charge in [-0.05, 0) is 44.0 Å². The van der Waals surface area contributed by atoms with E-state index in [0.29, 0.717) is 6.04 Å². The van der Waals surface area contributed by atoms with Crippen LogP contribution in [0.3, 0.4) is 0 Å². The van der Waals surface area contributed by atoms with Gasteiger partial charge in [0.2, 0.25) is 0 Å². The summed E-state index contributed by atoms with van der Waals surface area (Å²) < 4.78 is 1.13. The zero-order chi connectivity index (χ0) is 11.1. The minimum Gasteiger partial charge on any atom is -0.328 e. The van der Waals surface area contributed by atoms with Crippen molar-refractivity contribution >= 4 is 15.9 Å². The zero-order valence-corrected chi connectivity index (χ0v) is 10.8. The third-order valence-corrected chi connectivity index (χ3v) is 2.78. The molecule has 0 spiro atoms. The van der Waals surface area contributed by atoms with Crippen LogP contribution in [0.2, 0.25) is 0 Å². The third kappa shape index (κ3) is 5.92. The highest BCUT2D eigenvalue weighted by Crippen LogP contribution is 2.10. The Morgan fingerprint density at radius 3 is 2.60 bits per heavy atom. The highest BCUT2D eigenvalue weighted by molar-refractivity contribution is 9.10. The number of hydrogen-bond acceptors (Lipinski definition) is 2. The van der Waals surface area contributed by atoms with Crippen molar-refractivity contribution in [1.82, 2.24) is 5.32 Å². The monoisotopic (exact) mass is 270 g/mol. The second-order valence-corrected chi connectivity index (χ2v) is 4.84. The lowest BCUT2D eigenvalue weighted by Gasteiger charge is -2.06. The van der Waals surface area contributed by atoms with Gasteiger partial charge >= 0.3 is 0 Å². The molecular formula is C12H19BrN2. The molecule has 0 radical (unpaired) electrons. The van der Waals surface area contributed by atoms with Gasteiger partial charge in [0.25, 0.3) is 0 Å². The molecule has 1 rings (SSSR count). The summed E-state index contributed by atoms with van der Waals surface area (Å²) >= 11 is 3.42. The predicted molar refractivity (Wildman–Crippen MR) is 68.7 cm³/mol. The van der Waals surface area contributed by atoms with Crippen LogP contribution < -0.4 is 11.1 Å². The molecule has 0 bridgehead atoms. The molecule has 15 heavy (non-hydrogen) atoms. The predicted octanol–water partition coefficient (Wildman–Crippen LogP) is 2.67. The average Bonchev–Trinajstić information content (AvgIpc) is 2.20. The standard InChI is InChI=1S/C12H19BrN2/c1-10(14)3-2-8-15-9-11-4-6-12(13)7-5-11/h4-7,10,15H,2-3,8-9,14H2,1H3. The molecule has 3 N–H and O–H groups in total. The quantitative estimate of drug-likeness (QED) is 0.781.